The van der Waals surface area contributed by atoms with Gasteiger partial charge < -0.3 is 4.74 Å². The molecule has 2 aromatic heterocycles. The molecule has 0 bridgehead atoms. The normalized spacial score (nSPS) is 10.1. The van der Waals surface area contributed by atoms with Crippen LogP contribution in [0.2, 0.25) is 0 Å². The van der Waals surface area contributed by atoms with Crippen LogP contribution in [0.25, 0.3) is 10.7 Å². The van der Waals surface area contributed by atoms with Crippen molar-refractivity contribution in [1.29, 1.82) is 0 Å². The number of thiazole rings is 1. The maximum Gasteiger partial charge on any atom is 0.311 e. The summed E-state index contributed by atoms with van der Waals surface area (Å²) in [6.45, 7) is 0. The van der Waals surface area contributed by atoms with Gasteiger partial charge in [-0.2, -0.15) is 0 Å². The summed E-state index contributed by atoms with van der Waals surface area (Å²) in [4.78, 5) is 19.6. The van der Waals surface area contributed by atoms with E-state index >= 15 is 0 Å². The number of pyridine rings is 1. The van der Waals surface area contributed by atoms with Gasteiger partial charge in [-0.1, -0.05) is 6.07 Å². The first-order valence-corrected chi connectivity index (χ1v) is 5.60. The Morgan fingerprint density at radius 3 is 3.06 bits per heavy atom. The van der Waals surface area contributed by atoms with Gasteiger partial charge in [0.05, 0.1) is 24.9 Å². The fraction of sp³-hybridized carbons (Fsp3) is 0.182. The average molecular weight is 234 g/mol. The molecule has 4 nitrogen and oxygen atoms in total. The third-order valence-corrected chi connectivity index (χ3v) is 2.90. The zero-order chi connectivity index (χ0) is 11.4. The van der Waals surface area contributed by atoms with Gasteiger partial charge in [0, 0.05) is 11.6 Å². The molecule has 5 heteroatoms. The molecule has 0 aliphatic heterocycles. The van der Waals surface area contributed by atoms with Gasteiger partial charge in [0.15, 0.2) is 0 Å². The highest BCUT2D eigenvalue weighted by Gasteiger charge is 2.09. The zero-order valence-corrected chi connectivity index (χ0v) is 9.53. The van der Waals surface area contributed by atoms with Crippen LogP contribution in [0.4, 0.5) is 0 Å². The van der Waals surface area contributed by atoms with Crippen molar-refractivity contribution in [2.45, 2.75) is 6.42 Å². The lowest BCUT2D eigenvalue weighted by atomic mass is 10.3. The van der Waals surface area contributed by atoms with Gasteiger partial charge in [-0.15, -0.1) is 11.3 Å². The van der Waals surface area contributed by atoms with Gasteiger partial charge in [-0.25, -0.2) is 4.98 Å². The molecule has 2 heterocycles. The Labute approximate surface area is 96.9 Å². The second-order valence-corrected chi connectivity index (χ2v) is 3.97. The summed E-state index contributed by atoms with van der Waals surface area (Å²) in [7, 11) is 1.37. The highest BCUT2D eigenvalue weighted by molar-refractivity contribution is 7.13. The van der Waals surface area contributed by atoms with Crippen LogP contribution in [-0.2, 0) is 16.0 Å². The first-order chi connectivity index (χ1) is 7.79. The lowest BCUT2D eigenvalue weighted by Crippen LogP contribution is -2.04. The number of ether oxygens (including phenoxy) is 1. The Bertz CT molecular complexity index is 482. The minimum Gasteiger partial charge on any atom is -0.469 e. The number of hydrogen-bond acceptors (Lipinski definition) is 5. The highest BCUT2D eigenvalue weighted by Crippen LogP contribution is 2.21. The molecule has 0 spiro atoms. The SMILES string of the molecule is COC(=O)Cc1csc(-c2ccccn2)n1. The maximum absolute atomic E-state index is 11.1. The van der Waals surface area contributed by atoms with Crippen LogP contribution in [0.1, 0.15) is 5.69 Å². The first kappa shape index (κ1) is 10.8. The number of nitrogens with zero attached hydrogens (tertiary/aromatic N) is 2. The van der Waals surface area contributed by atoms with Gasteiger partial charge in [-0.3, -0.25) is 9.78 Å². The Hall–Kier alpha value is -1.75. The molecular formula is C11H10N2O2S. The van der Waals surface area contributed by atoms with Crippen LogP contribution in [0, 0.1) is 0 Å². The van der Waals surface area contributed by atoms with Crippen molar-refractivity contribution in [2.24, 2.45) is 0 Å². The van der Waals surface area contributed by atoms with Crippen molar-refractivity contribution in [3.63, 3.8) is 0 Å². The van der Waals surface area contributed by atoms with E-state index in [2.05, 4.69) is 14.7 Å². The number of carbonyl (C=O) groups is 1. The summed E-state index contributed by atoms with van der Waals surface area (Å²) >= 11 is 1.47. The van der Waals surface area contributed by atoms with Gasteiger partial charge in [-0.05, 0) is 12.1 Å². The van der Waals surface area contributed by atoms with Crippen LogP contribution in [0.3, 0.4) is 0 Å². The monoisotopic (exact) mass is 234 g/mol. The summed E-state index contributed by atoms with van der Waals surface area (Å²) in [6.07, 6.45) is 1.93. The lowest BCUT2D eigenvalue weighted by Gasteiger charge is -1.95. The molecule has 0 radical (unpaired) electrons. The number of methoxy groups -OCH3 is 1. The summed E-state index contributed by atoms with van der Waals surface area (Å²) in [6, 6.07) is 5.65. The van der Waals surface area contributed by atoms with Crippen LogP contribution in [-0.4, -0.2) is 23.0 Å². The van der Waals surface area contributed by atoms with Crippen molar-refractivity contribution >= 4 is 17.3 Å². The molecule has 16 heavy (non-hydrogen) atoms. The van der Waals surface area contributed by atoms with Crippen LogP contribution < -0.4 is 0 Å². The van der Waals surface area contributed by atoms with Crippen LogP contribution in [0.15, 0.2) is 29.8 Å². The summed E-state index contributed by atoms with van der Waals surface area (Å²) in [5, 5.41) is 2.67. The lowest BCUT2D eigenvalue weighted by molar-refractivity contribution is -0.139. The third kappa shape index (κ3) is 2.43. The molecule has 2 aromatic rings. The standard InChI is InChI=1S/C11H10N2O2S/c1-15-10(14)6-8-7-16-11(13-8)9-4-2-3-5-12-9/h2-5,7H,6H2,1H3. The highest BCUT2D eigenvalue weighted by atomic mass is 32.1. The molecule has 0 saturated carbocycles. The van der Waals surface area contributed by atoms with Crippen molar-refractivity contribution in [3.8, 4) is 10.7 Å². The molecule has 0 unspecified atom stereocenters. The molecule has 0 amide bonds. The molecule has 0 atom stereocenters. The Morgan fingerprint density at radius 1 is 1.50 bits per heavy atom. The van der Waals surface area contributed by atoms with E-state index in [1.807, 2.05) is 23.6 Å². The number of carbonyl (C=O) groups excluding carboxylic acids is 1. The minimum atomic E-state index is -0.280. The maximum atomic E-state index is 11.1. The molecule has 0 N–H and O–H groups in total. The molecular weight excluding hydrogens is 224 g/mol. The van der Waals surface area contributed by atoms with Crippen molar-refractivity contribution < 1.29 is 9.53 Å². The summed E-state index contributed by atoms with van der Waals surface area (Å²) in [5.41, 5.74) is 1.54. The van der Waals surface area contributed by atoms with Crippen molar-refractivity contribution in [2.75, 3.05) is 7.11 Å². The smallest absolute Gasteiger partial charge is 0.311 e. The third-order valence-electron chi connectivity index (χ3n) is 1.99. The van der Waals surface area contributed by atoms with E-state index in [1.54, 1.807) is 6.20 Å². The second-order valence-electron chi connectivity index (χ2n) is 3.11. The molecule has 0 aromatic carbocycles. The van der Waals surface area contributed by atoms with E-state index in [0.29, 0.717) is 0 Å². The Kier molecular flexibility index (Phi) is 3.26. The first-order valence-electron chi connectivity index (χ1n) is 4.72. The minimum absolute atomic E-state index is 0.208. The predicted molar refractivity (Wildman–Crippen MR) is 61.1 cm³/mol. The molecule has 82 valence electrons. The van der Waals surface area contributed by atoms with Gasteiger partial charge >= 0.3 is 5.97 Å². The molecule has 0 saturated heterocycles. The fourth-order valence-electron chi connectivity index (χ4n) is 1.22. The van der Waals surface area contributed by atoms with E-state index < -0.39 is 0 Å². The zero-order valence-electron chi connectivity index (χ0n) is 8.71. The van der Waals surface area contributed by atoms with E-state index in [9.17, 15) is 4.79 Å². The van der Waals surface area contributed by atoms with Crippen molar-refractivity contribution in [3.05, 3.63) is 35.5 Å². The topological polar surface area (TPSA) is 52.1 Å². The summed E-state index contributed by atoms with van der Waals surface area (Å²) < 4.78 is 4.58. The van der Waals surface area contributed by atoms with Crippen molar-refractivity contribution in [1.82, 2.24) is 9.97 Å². The van der Waals surface area contributed by atoms with Crippen LogP contribution in [0.5, 0.6) is 0 Å². The fourth-order valence-corrected chi connectivity index (χ4v) is 2.01. The number of aromatic nitrogens is 2. The van der Waals surface area contributed by atoms with E-state index in [1.165, 1.54) is 18.4 Å². The van der Waals surface area contributed by atoms with E-state index in [0.717, 1.165) is 16.4 Å². The number of hydrogen-bond donors (Lipinski definition) is 0. The second kappa shape index (κ2) is 4.85. The average Bonchev–Trinajstić information content (AvgIpc) is 2.78. The Morgan fingerprint density at radius 2 is 2.38 bits per heavy atom. The number of rotatable bonds is 3. The van der Waals surface area contributed by atoms with Gasteiger partial charge in [0.1, 0.15) is 5.01 Å². The van der Waals surface area contributed by atoms with Gasteiger partial charge in [0.25, 0.3) is 0 Å². The predicted octanol–water partition coefficient (Wildman–Crippen LogP) is 1.92. The molecule has 0 fully saturated rings. The van der Waals surface area contributed by atoms with Crippen LogP contribution >= 0.6 is 11.3 Å². The quantitative estimate of drug-likeness (QED) is 0.761. The molecule has 0 aliphatic rings. The van der Waals surface area contributed by atoms with Gasteiger partial charge in [0.2, 0.25) is 0 Å². The van der Waals surface area contributed by atoms with E-state index in [4.69, 9.17) is 0 Å². The molecule has 2 rings (SSSR count). The van der Waals surface area contributed by atoms with E-state index in [-0.39, 0.29) is 12.4 Å². The largest absolute Gasteiger partial charge is 0.469 e. The Balaban J connectivity index is 2.17. The molecule has 0 aliphatic carbocycles. The number of esters is 1. The summed E-state index contributed by atoms with van der Waals surface area (Å²) in [5.74, 6) is -0.280.